The highest BCUT2D eigenvalue weighted by Crippen LogP contribution is 2.32. The third-order valence-electron chi connectivity index (χ3n) is 2.35. The van der Waals surface area contributed by atoms with Crippen LogP contribution in [0.25, 0.3) is 0 Å². The van der Waals surface area contributed by atoms with Crippen molar-refractivity contribution in [3.05, 3.63) is 6.92 Å². The van der Waals surface area contributed by atoms with E-state index in [1.54, 1.807) is 0 Å². The van der Waals surface area contributed by atoms with E-state index in [1.165, 1.54) is 0 Å². The minimum Gasteiger partial charge on any atom is -0.376 e. The zero-order valence-corrected chi connectivity index (χ0v) is 7.12. The topological polar surface area (TPSA) is 27.7 Å². The summed E-state index contributed by atoms with van der Waals surface area (Å²) in [6.07, 6.45) is 2.57. The molecule has 2 atom stereocenters. The SMILES string of the molecule is [CH]CCC1COC2(CCOC2)O1. The lowest BCUT2D eigenvalue weighted by molar-refractivity contribution is -0.165. The average Bonchev–Trinajstić information content (AvgIpc) is 2.65. The van der Waals surface area contributed by atoms with Crippen molar-refractivity contribution < 1.29 is 14.2 Å². The zero-order valence-electron chi connectivity index (χ0n) is 7.12. The molecular weight excluding hydrogens is 156 g/mol. The van der Waals surface area contributed by atoms with Gasteiger partial charge in [-0.25, -0.2) is 0 Å². The number of hydrogen-bond acceptors (Lipinski definition) is 3. The second-order valence-electron chi connectivity index (χ2n) is 3.34. The summed E-state index contributed by atoms with van der Waals surface area (Å²) in [5.41, 5.74) is 0. The van der Waals surface area contributed by atoms with Crippen LogP contribution in [-0.2, 0) is 14.2 Å². The Hall–Kier alpha value is -0.120. The molecule has 3 heteroatoms. The van der Waals surface area contributed by atoms with Gasteiger partial charge in [0.15, 0.2) is 5.79 Å². The monoisotopic (exact) mass is 170 g/mol. The van der Waals surface area contributed by atoms with Gasteiger partial charge in [-0.05, 0) is 19.8 Å². The highest BCUT2D eigenvalue weighted by atomic mass is 16.8. The summed E-state index contributed by atoms with van der Waals surface area (Å²) in [5.74, 6) is -0.417. The van der Waals surface area contributed by atoms with Crippen LogP contribution in [0.3, 0.4) is 0 Å². The van der Waals surface area contributed by atoms with Gasteiger partial charge in [-0.2, -0.15) is 0 Å². The smallest absolute Gasteiger partial charge is 0.194 e. The Kier molecular flexibility index (Phi) is 2.35. The zero-order chi connectivity index (χ0) is 8.44. The predicted molar refractivity (Wildman–Crippen MR) is 42.5 cm³/mol. The first kappa shape index (κ1) is 8.48. The van der Waals surface area contributed by atoms with Crippen LogP contribution in [0.2, 0.25) is 0 Å². The van der Waals surface area contributed by atoms with Gasteiger partial charge in [0.1, 0.15) is 6.61 Å². The molecule has 0 aliphatic carbocycles. The molecule has 2 saturated heterocycles. The standard InChI is InChI=1S/C9H14O3/c1-2-3-8-6-11-9(12-8)4-5-10-7-9/h1,8H,2-7H2. The Morgan fingerprint density at radius 2 is 2.42 bits per heavy atom. The summed E-state index contributed by atoms with van der Waals surface area (Å²) < 4.78 is 16.5. The molecule has 12 heavy (non-hydrogen) atoms. The first-order valence-corrected chi connectivity index (χ1v) is 4.44. The highest BCUT2D eigenvalue weighted by molar-refractivity contribution is 4.82. The van der Waals surface area contributed by atoms with Crippen LogP contribution in [0.5, 0.6) is 0 Å². The van der Waals surface area contributed by atoms with E-state index in [0.717, 1.165) is 19.4 Å². The maximum atomic E-state index is 5.72. The molecule has 68 valence electrons. The van der Waals surface area contributed by atoms with Crippen LogP contribution in [0.4, 0.5) is 0 Å². The molecule has 0 bridgehead atoms. The molecule has 2 heterocycles. The van der Waals surface area contributed by atoms with Crippen molar-refractivity contribution in [1.29, 1.82) is 0 Å². The van der Waals surface area contributed by atoms with Gasteiger partial charge in [-0.1, -0.05) is 0 Å². The van der Waals surface area contributed by atoms with Crippen molar-refractivity contribution in [3.63, 3.8) is 0 Å². The first-order valence-electron chi connectivity index (χ1n) is 4.44. The van der Waals surface area contributed by atoms with Gasteiger partial charge in [0, 0.05) is 6.42 Å². The molecule has 2 unspecified atom stereocenters. The second kappa shape index (κ2) is 3.32. The molecule has 0 saturated carbocycles. The first-order chi connectivity index (χ1) is 5.85. The Labute approximate surface area is 73.0 Å². The van der Waals surface area contributed by atoms with Crippen molar-refractivity contribution in [2.45, 2.75) is 31.2 Å². The van der Waals surface area contributed by atoms with Gasteiger partial charge in [0.05, 0.1) is 19.3 Å². The normalized spacial score (nSPS) is 41.2. The van der Waals surface area contributed by atoms with E-state index in [0.29, 0.717) is 19.6 Å². The maximum Gasteiger partial charge on any atom is 0.194 e. The van der Waals surface area contributed by atoms with Crippen molar-refractivity contribution in [3.8, 4) is 0 Å². The molecule has 0 aromatic heterocycles. The minimum atomic E-state index is -0.417. The van der Waals surface area contributed by atoms with E-state index in [4.69, 9.17) is 21.1 Å². The maximum absolute atomic E-state index is 5.72. The summed E-state index contributed by atoms with van der Waals surface area (Å²) in [7, 11) is 0. The Balaban J connectivity index is 1.88. The average molecular weight is 170 g/mol. The summed E-state index contributed by atoms with van der Waals surface area (Å²) >= 11 is 0. The lowest BCUT2D eigenvalue weighted by Crippen LogP contribution is -2.31. The largest absolute Gasteiger partial charge is 0.376 e. The number of hydrogen-bond donors (Lipinski definition) is 0. The number of ether oxygens (including phenoxy) is 3. The fourth-order valence-corrected chi connectivity index (χ4v) is 1.68. The van der Waals surface area contributed by atoms with E-state index in [2.05, 4.69) is 0 Å². The molecule has 2 aliphatic heterocycles. The van der Waals surface area contributed by atoms with E-state index < -0.39 is 5.79 Å². The predicted octanol–water partition coefficient (Wildman–Crippen LogP) is 1.01. The molecule has 2 fully saturated rings. The van der Waals surface area contributed by atoms with Crippen LogP contribution < -0.4 is 0 Å². The van der Waals surface area contributed by atoms with Gasteiger partial charge in [0.2, 0.25) is 0 Å². The summed E-state index contributed by atoms with van der Waals surface area (Å²) in [4.78, 5) is 0. The van der Waals surface area contributed by atoms with Crippen LogP contribution in [-0.4, -0.2) is 31.7 Å². The van der Waals surface area contributed by atoms with Crippen molar-refractivity contribution in [1.82, 2.24) is 0 Å². The molecule has 0 amide bonds. The fraction of sp³-hybridized carbons (Fsp3) is 0.889. The third-order valence-corrected chi connectivity index (χ3v) is 2.35. The quantitative estimate of drug-likeness (QED) is 0.619. The van der Waals surface area contributed by atoms with Gasteiger partial charge in [-0.15, -0.1) is 0 Å². The molecule has 0 N–H and O–H groups in total. The molecule has 0 aromatic rings. The van der Waals surface area contributed by atoms with Crippen molar-refractivity contribution in [2.24, 2.45) is 0 Å². The highest BCUT2D eigenvalue weighted by Gasteiger charge is 2.44. The molecular formula is C9H14O3. The van der Waals surface area contributed by atoms with Gasteiger partial charge < -0.3 is 14.2 Å². The lowest BCUT2D eigenvalue weighted by Gasteiger charge is -2.19. The third kappa shape index (κ3) is 1.49. The summed E-state index contributed by atoms with van der Waals surface area (Å²) in [6.45, 7) is 7.42. The molecule has 1 spiro atoms. The molecule has 3 nitrogen and oxygen atoms in total. The van der Waals surface area contributed by atoms with Gasteiger partial charge in [0.25, 0.3) is 0 Å². The molecule has 2 radical (unpaired) electrons. The van der Waals surface area contributed by atoms with Crippen LogP contribution in [0, 0.1) is 6.92 Å². The van der Waals surface area contributed by atoms with E-state index in [-0.39, 0.29) is 6.10 Å². The van der Waals surface area contributed by atoms with Crippen molar-refractivity contribution >= 4 is 0 Å². The van der Waals surface area contributed by atoms with E-state index in [1.807, 2.05) is 0 Å². The molecule has 2 rings (SSSR count). The second-order valence-corrected chi connectivity index (χ2v) is 3.34. The summed E-state index contributed by atoms with van der Waals surface area (Å²) in [6, 6.07) is 0. The Morgan fingerprint density at radius 3 is 3.08 bits per heavy atom. The fourth-order valence-electron chi connectivity index (χ4n) is 1.68. The Morgan fingerprint density at radius 1 is 1.50 bits per heavy atom. The molecule has 0 aromatic carbocycles. The van der Waals surface area contributed by atoms with Crippen molar-refractivity contribution in [2.75, 3.05) is 19.8 Å². The van der Waals surface area contributed by atoms with E-state index in [9.17, 15) is 0 Å². The number of rotatable bonds is 2. The van der Waals surface area contributed by atoms with Crippen LogP contribution >= 0.6 is 0 Å². The van der Waals surface area contributed by atoms with Crippen LogP contribution in [0.1, 0.15) is 19.3 Å². The van der Waals surface area contributed by atoms with E-state index >= 15 is 0 Å². The summed E-state index contributed by atoms with van der Waals surface area (Å²) in [5, 5.41) is 0. The lowest BCUT2D eigenvalue weighted by atomic mass is 10.2. The molecule has 2 aliphatic rings. The van der Waals surface area contributed by atoms with Gasteiger partial charge in [-0.3, -0.25) is 0 Å². The minimum absolute atomic E-state index is 0.177. The van der Waals surface area contributed by atoms with Gasteiger partial charge >= 0.3 is 0 Å². The Bertz CT molecular complexity index is 152. The van der Waals surface area contributed by atoms with Crippen LogP contribution in [0.15, 0.2) is 0 Å².